The van der Waals surface area contributed by atoms with E-state index in [1.54, 1.807) is 14.2 Å². The van der Waals surface area contributed by atoms with Gasteiger partial charge in [0.25, 0.3) is 0 Å². The lowest BCUT2D eigenvalue weighted by molar-refractivity contribution is 0.103. The fourth-order valence-corrected chi connectivity index (χ4v) is 0.311. The van der Waals surface area contributed by atoms with E-state index >= 15 is 0 Å². The number of hydrogen-bond acceptors (Lipinski definition) is 3. The second-order valence-electron chi connectivity index (χ2n) is 2.94. The number of unbranched alkanes of at least 4 members (excludes halogenated alkanes) is 1. The van der Waals surface area contributed by atoms with Gasteiger partial charge < -0.3 is 9.47 Å². The van der Waals surface area contributed by atoms with Crippen molar-refractivity contribution in [3.05, 3.63) is 10.4 Å². The zero-order chi connectivity index (χ0) is 13.1. The van der Waals surface area contributed by atoms with Crippen LogP contribution >= 0.6 is 0 Å². The second kappa shape index (κ2) is 29.2. The van der Waals surface area contributed by atoms with Gasteiger partial charge in [0, 0.05) is 25.7 Å². The maximum atomic E-state index is 7.66. The van der Waals surface area contributed by atoms with Gasteiger partial charge in [-0.05, 0) is 5.53 Å². The van der Waals surface area contributed by atoms with Crippen molar-refractivity contribution < 1.29 is 9.47 Å². The number of rotatable bonds is 6. The molecule has 0 saturated heterocycles. The molecule has 0 spiro atoms. The van der Waals surface area contributed by atoms with Gasteiger partial charge in [-0.3, -0.25) is 0 Å². The van der Waals surface area contributed by atoms with Gasteiger partial charge in [0.15, 0.2) is 0 Å². The first-order valence-corrected chi connectivity index (χ1v) is 5.73. The van der Waals surface area contributed by atoms with Crippen molar-refractivity contribution in [1.82, 2.24) is 0 Å². The summed E-state index contributed by atoms with van der Waals surface area (Å²) in [7, 11) is 3.30. The molecule has 0 fully saturated rings. The standard InChI is InChI=1S/C4H10O2.C4H10.C3H7N3/c1-5-3-4-6-2;1-3-4-2;1-2-3-5-6-4/h3-4H2,1-2H3;3-4H2,1-2H3;2-3H2,1H3. The van der Waals surface area contributed by atoms with Gasteiger partial charge >= 0.3 is 0 Å². The Morgan fingerprint density at radius 3 is 1.50 bits per heavy atom. The van der Waals surface area contributed by atoms with Crippen molar-refractivity contribution in [2.75, 3.05) is 34.0 Å². The van der Waals surface area contributed by atoms with Crippen LogP contribution in [0.15, 0.2) is 5.11 Å². The minimum Gasteiger partial charge on any atom is -0.382 e. The molecule has 5 nitrogen and oxygen atoms in total. The van der Waals surface area contributed by atoms with Crippen LogP contribution in [0.1, 0.15) is 40.0 Å². The summed E-state index contributed by atoms with van der Waals surface area (Å²) in [4.78, 5) is 2.55. The normalized spacial score (nSPS) is 7.81. The minimum atomic E-state index is 0.622. The SMILES string of the molecule is CCCC.CCCN=[N+]=[N-].COCCOC. The molecule has 16 heavy (non-hydrogen) atoms. The Balaban J connectivity index is -0.000000162. The Morgan fingerprint density at radius 1 is 0.938 bits per heavy atom. The van der Waals surface area contributed by atoms with Gasteiger partial charge in [-0.1, -0.05) is 45.1 Å². The summed E-state index contributed by atoms with van der Waals surface area (Å²) in [5.41, 5.74) is 7.66. The molecule has 0 N–H and O–H groups in total. The van der Waals surface area contributed by atoms with Gasteiger partial charge in [0.1, 0.15) is 0 Å². The largest absolute Gasteiger partial charge is 0.382 e. The zero-order valence-corrected chi connectivity index (χ0v) is 11.4. The maximum absolute atomic E-state index is 7.66. The molecule has 0 radical (unpaired) electrons. The fraction of sp³-hybridized carbons (Fsp3) is 1.00. The third kappa shape index (κ3) is 51.0. The molecule has 0 rings (SSSR count). The first-order valence-electron chi connectivity index (χ1n) is 5.73. The predicted octanol–water partition coefficient (Wildman–Crippen LogP) is 3.79. The smallest absolute Gasteiger partial charge is 0.0696 e. The molecule has 98 valence electrons. The lowest BCUT2D eigenvalue weighted by Gasteiger charge is -1.91. The van der Waals surface area contributed by atoms with Crippen molar-refractivity contribution in [3.8, 4) is 0 Å². The molecule has 0 aromatic carbocycles. The van der Waals surface area contributed by atoms with E-state index in [1.807, 2.05) is 6.92 Å². The average molecular weight is 233 g/mol. The number of nitrogens with zero attached hydrogens (tertiary/aromatic N) is 3. The second-order valence-corrected chi connectivity index (χ2v) is 2.94. The zero-order valence-electron chi connectivity index (χ0n) is 11.4. The van der Waals surface area contributed by atoms with E-state index in [9.17, 15) is 0 Å². The van der Waals surface area contributed by atoms with Crippen LogP contribution in [0.5, 0.6) is 0 Å². The van der Waals surface area contributed by atoms with Crippen molar-refractivity contribution in [1.29, 1.82) is 0 Å². The van der Waals surface area contributed by atoms with Crippen molar-refractivity contribution in [2.45, 2.75) is 40.0 Å². The summed E-state index contributed by atoms with van der Waals surface area (Å²) in [6.07, 6.45) is 3.57. The van der Waals surface area contributed by atoms with E-state index < -0.39 is 0 Å². The Labute approximate surface area is 99.8 Å². The van der Waals surface area contributed by atoms with Gasteiger partial charge in [-0.15, -0.1) is 0 Å². The number of azide groups is 1. The topological polar surface area (TPSA) is 67.2 Å². The molecule has 0 amide bonds. The molecule has 0 aliphatic carbocycles. The minimum absolute atomic E-state index is 0.622. The van der Waals surface area contributed by atoms with E-state index in [0.717, 1.165) is 6.42 Å². The highest BCUT2D eigenvalue weighted by atomic mass is 16.5. The molecule has 0 saturated carbocycles. The molecular weight excluding hydrogens is 206 g/mol. The summed E-state index contributed by atoms with van der Waals surface area (Å²) in [6.45, 7) is 8.33. The summed E-state index contributed by atoms with van der Waals surface area (Å²) in [5, 5.41) is 3.27. The molecule has 5 heteroatoms. The number of ether oxygens (including phenoxy) is 2. The van der Waals surface area contributed by atoms with Crippen LogP contribution < -0.4 is 0 Å². The Hall–Kier alpha value is -0.770. The molecule has 0 aromatic heterocycles. The highest BCUT2D eigenvalue weighted by molar-refractivity contribution is 4.40. The predicted molar refractivity (Wildman–Crippen MR) is 68.6 cm³/mol. The molecule has 0 aromatic rings. The van der Waals surface area contributed by atoms with Crippen LogP contribution in [0, 0.1) is 0 Å². The van der Waals surface area contributed by atoms with E-state index in [0.29, 0.717) is 19.8 Å². The van der Waals surface area contributed by atoms with Gasteiger partial charge in [-0.2, -0.15) is 0 Å². The van der Waals surface area contributed by atoms with Crippen LogP contribution in [0.4, 0.5) is 0 Å². The molecule has 0 heterocycles. The quantitative estimate of drug-likeness (QED) is 0.303. The van der Waals surface area contributed by atoms with E-state index in [2.05, 4.69) is 33.3 Å². The van der Waals surface area contributed by atoms with E-state index in [4.69, 9.17) is 5.53 Å². The first-order chi connectivity index (χ1) is 7.74. The molecule has 0 aliphatic rings. The third-order valence-corrected chi connectivity index (χ3v) is 1.38. The summed E-state index contributed by atoms with van der Waals surface area (Å²) >= 11 is 0. The van der Waals surface area contributed by atoms with Crippen LogP contribution in [0.2, 0.25) is 0 Å². The Morgan fingerprint density at radius 2 is 1.38 bits per heavy atom. The monoisotopic (exact) mass is 233 g/mol. The van der Waals surface area contributed by atoms with Crippen LogP contribution in [0.25, 0.3) is 10.4 Å². The van der Waals surface area contributed by atoms with Gasteiger partial charge in [0.2, 0.25) is 0 Å². The Bertz CT molecular complexity index is 131. The molecule has 0 atom stereocenters. The molecular formula is C11H27N3O2. The number of methoxy groups -OCH3 is 2. The third-order valence-electron chi connectivity index (χ3n) is 1.38. The van der Waals surface area contributed by atoms with Crippen LogP contribution in [-0.2, 0) is 9.47 Å². The van der Waals surface area contributed by atoms with Crippen LogP contribution in [0.3, 0.4) is 0 Å². The number of hydrogen-bond donors (Lipinski definition) is 0. The summed E-state index contributed by atoms with van der Waals surface area (Å²) < 4.78 is 9.31. The summed E-state index contributed by atoms with van der Waals surface area (Å²) in [6, 6.07) is 0. The van der Waals surface area contributed by atoms with Crippen molar-refractivity contribution in [3.63, 3.8) is 0 Å². The average Bonchev–Trinajstić information content (AvgIpc) is 2.34. The first kappa shape index (κ1) is 20.6. The van der Waals surface area contributed by atoms with Crippen molar-refractivity contribution >= 4 is 0 Å². The lowest BCUT2D eigenvalue weighted by Crippen LogP contribution is -1.96. The highest BCUT2D eigenvalue weighted by Gasteiger charge is 1.73. The van der Waals surface area contributed by atoms with Crippen LogP contribution in [-0.4, -0.2) is 34.0 Å². The van der Waals surface area contributed by atoms with Gasteiger partial charge in [0.05, 0.1) is 13.2 Å². The highest BCUT2D eigenvalue weighted by Crippen LogP contribution is 1.76. The van der Waals surface area contributed by atoms with Crippen molar-refractivity contribution in [2.24, 2.45) is 5.11 Å². The molecule has 0 aliphatic heterocycles. The Kier molecular flexibility index (Phi) is 37.7. The van der Waals surface area contributed by atoms with E-state index in [1.165, 1.54) is 12.8 Å². The molecule has 0 unspecified atom stereocenters. The maximum Gasteiger partial charge on any atom is 0.0696 e. The molecule has 0 bridgehead atoms. The lowest BCUT2D eigenvalue weighted by atomic mass is 10.4. The van der Waals surface area contributed by atoms with Gasteiger partial charge in [-0.25, -0.2) is 0 Å². The van der Waals surface area contributed by atoms with E-state index in [-0.39, 0.29) is 0 Å². The summed E-state index contributed by atoms with van der Waals surface area (Å²) in [5.74, 6) is 0. The fourth-order valence-electron chi connectivity index (χ4n) is 0.311.